The van der Waals surface area contributed by atoms with Crippen LogP contribution in [0, 0.1) is 5.41 Å². The zero-order valence-electron chi connectivity index (χ0n) is 23.1. The minimum Gasteiger partial charge on any atom is -0.364 e. The summed E-state index contributed by atoms with van der Waals surface area (Å²) in [5, 5.41) is 7.88. The average molecular weight is 527 g/mol. The van der Waals surface area contributed by atoms with Gasteiger partial charge >= 0.3 is 6.03 Å². The smallest absolute Gasteiger partial charge is 0.319 e. The number of ketones is 1. The Balaban J connectivity index is 1.47. The number of anilines is 3. The fourth-order valence-electron chi connectivity index (χ4n) is 5.66. The predicted molar refractivity (Wildman–Crippen MR) is 157 cm³/mol. The van der Waals surface area contributed by atoms with Gasteiger partial charge in [0, 0.05) is 23.4 Å². The number of carbonyl (C=O) groups excluding carboxylic acids is 3. The molecule has 1 atom stereocenters. The largest absolute Gasteiger partial charge is 0.364 e. The van der Waals surface area contributed by atoms with E-state index in [0.29, 0.717) is 12.2 Å². The zero-order chi connectivity index (χ0) is 27.6. The van der Waals surface area contributed by atoms with Crippen molar-refractivity contribution in [1.29, 1.82) is 0 Å². The molecule has 1 aliphatic heterocycles. The summed E-state index contributed by atoms with van der Waals surface area (Å²) in [5.74, 6) is -0.304. The minimum atomic E-state index is -0.818. The molecule has 0 saturated heterocycles. The number of para-hydroxylation sites is 2. The van der Waals surface area contributed by atoms with E-state index >= 15 is 0 Å². The molecule has 2 aliphatic rings. The van der Waals surface area contributed by atoms with Crippen LogP contribution < -0.4 is 20.4 Å². The van der Waals surface area contributed by atoms with Gasteiger partial charge in [0.05, 0.1) is 23.6 Å². The zero-order valence-corrected chi connectivity index (χ0v) is 23.1. The number of benzene rings is 3. The normalized spacial score (nSPS) is 18.4. The maximum absolute atomic E-state index is 14.1. The molecule has 204 valence electrons. The van der Waals surface area contributed by atoms with E-state index in [0.717, 1.165) is 47.8 Å². The van der Waals surface area contributed by atoms with Crippen molar-refractivity contribution in [3.63, 3.8) is 0 Å². The molecule has 3 amide bonds. The van der Waals surface area contributed by atoms with Crippen LogP contribution in [0.4, 0.5) is 21.9 Å². The first-order valence-corrected chi connectivity index (χ1v) is 14.0. The van der Waals surface area contributed by atoms with E-state index < -0.39 is 17.5 Å². The molecule has 7 heteroatoms. The van der Waals surface area contributed by atoms with E-state index in [1.807, 2.05) is 87.5 Å². The van der Waals surface area contributed by atoms with Gasteiger partial charge in [0.15, 0.2) is 5.78 Å². The summed E-state index contributed by atoms with van der Waals surface area (Å²) in [7, 11) is 0. The van der Waals surface area contributed by atoms with Crippen molar-refractivity contribution in [1.82, 2.24) is 5.32 Å². The summed E-state index contributed by atoms with van der Waals surface area (Å²) in [4.78, 5) is 44.5. The van der Waals surface area contributed by atoms with Gasteiger partial charge < -0.3 is 20.4 Å². The minimum absolute atomic E-state index is 0.0317. The molecule has 5 rings (SSSR count). The van der Waals surface area contributed by atoms with Crippen LogP contribution in [0.2, 0.25) is 0 Å². The molecular formula is C32H38N4O3. The Hall–Kier alpha value is -3.87. The number of nitrogens with one attached hydrogen (secondary N) is 2. The summed E-state index contributed by atoms with van der Waals surface area (Å²) in [5.41, 5.74) is 1.75. The number of Topliss-reactive ketones (excluding diaryl/α,β-unsaturated/α-hetero) is 1. The number of nitrogens with zero attached hydrogens (tertiary/aromatic N) is 2. The molecule has 1 aliphatic carbocycles. The molecule has 7 nitrogen and oxygen atoms in total. The van der Waals surface area contributed by atoms with Gasteiger partial charge in [-0.15, -0.1) is 0 Å². The highest BCUT2D eigenvalue weighted by Crippen LogP contribution is 2.37. The van der Waals surface area contributed by atoms with Gasteiger partial charge in [-0.05, 0) is 36.4 Å². The molecular weight excluding hydrogens is 488 g/mol. The van der Waals surface area contributed by atoms with Gasteiger partial charge in [-0.3, -0.25) is 9.59 Å². The lowest BCUT2D eigenvalue weighted by atomic mass is 9.90. The number of amides is 3. The summed E-state index contributed by atoms with van der Waals surface area (Å²) in [6.07, 6.45) is 5.58. The molecule has 0 aromatic heterocycles. The standard InChI is InChI=1S/C32H38N4O3/c1-32(2,3)29(37)21-36-28-19-10-9-18-27(28)35(23-14-5-4-6-15-23)20-26(30(36)38)34-31(39)33-25-17-11-13-22-12-7-8-16-24(22)25/h7-13,16-19,23,26H,4-6,14-15,20-21H2,1-3H3,(H2,33,34,39). The molecule has 3 aromatic carbocycles. The lowest BCUT2D eigenvalue weighted by Gasteiger charge is -2.37. The van der Waals surface area contributed by atoms with Crippen molar-refractivity contribution in [3.05, 3.63) is 66.7 Å². The van der Waals surface area contributed by atoms with Crippen LogP contribution in [0.5, 0.6) is 0 Å². The Morgan fingerprint density at radius 2 is 1.54 bits per heavy atom. The maximum atomic E-state index is 14.1. The third kappa shape index (κ3) is 5.77. The van der Waals surface area contributed by atoms with E-state index in [2.05, 4.69) is 15.5 Å². The molecule has 1 fully saturated rings. The summed E-state index contributed by atoms with van der Waals surface area (Å²) in [6.45, 7) is 5.91. The fraction of sp³-hybridized carbons (Fsp3) is 0.406. The third-order valence-corrected chi connectivity index (χ3v) is 7.92. The summed E-state index contributed by atoms with van der Waals surface area (Å²) in [6, 6.07) is 20.4. The Morgan fingerprint density at radius 3 is 2.28 bits per heavy atom. The van der Waals surface area contributed by atoms with Gasteiger partial charge in [0.2, 0.25) is 0 Å². The van der Waals surface area contributed by atoms with Gasteiger partial charge in [-0.2, -0.15) is 0 Å². The monoisotopic (exact) mass is 526 g/mol. The highest BCUT2D eigenvalue weighted by molar-refractivity contribution is 6.08. The second kappa shape index (κ2) is 11.1. The number of urea groups is 1. The molecule has 0 radical (unpaired) electrons. The number of hydrogen-bond acceptors (Lipinski definition) is 4. The second-order valence-electron chi connectivity index (χ2n) is 11.7. The van der Waals surface area contributed by atoms with E-state index in [1.165, 1.54) is 6.42 Å². The van der Waals surface area contributed by atoms with Crippen molar-refractivity contribution in [3.8, 4) is 0 Å². The molecule has 2 N–H and O–H groups in total. The average Bonchev–Trinajstić information content (AvgIpc) is 3.04. The number of rotatable bonds is 5. The quantitative estimate of drug-likeness (QED) is 0.419. The molecule has 3 aromatic rings. The fourth-order valence-corrected chi connectivity index (χ4v) is 5.66. The summed E-state index contributed by atoms with van der Waals surface area (Å²) >= 11 is 0. The number of hydrogen-bond donors (Lipinski definition) is 2. The number of fused-ring (bicyclic) bond motifs is 2. The van der Waals surface area contributed by atoms with Crippen molar-refractivity contribution >= 4 is 45.6 Å². The molecule has 0 bridgehead atoms. The van der Waals surface area contributed by atoms with Gasteiger partial charge in [-0.1, -0.05) is 88.6 Å². The molecule has 1 heterocycles. The van der Waals surface area contributed by atoms with E-state index in [9.17, 15) is 14.4 Å². The Labute approximate surface area is 230 Å². The highest BCUT2D eigenvalue weighted by atomic mass is 16.2. The Bertz CT molecular complexity index is 1370. The molecule has 1 saturated carbocycles. The van der Waals surface area contributed by atoms with Gasteiger partial charge in [-0.25, -0.2) is 4.79 Å². The van der Waals surface area contributed by atoms with Crippen molar-refractivity contribution < 1.29 is 14.4 Å². The van der Waals surface area contributed by atoms with E-state index in [-0.39, 0.29) is 24.3 Å². The topological polar surface area (TPSA) is 81.8 Å². The highest BCUT2D eigenvalue weighted by Gasteiger charge is 2.39. The van der Waals surface area contributed by atoms with Gasteiger partial charge in [0.25, 0.3) is 5.91 Å². The van der Waals surface area contributed by atoms with Crippen LogP contribution in [0.25, 0.3) is 10.8 Å². The molecule has 39 heavy (non-hydrogen) atoms. The van der Waals surface area contributed by atoms with E-state index in [1.54, 1.807) is 4.90 Å². The molecule has 1 unspecified atom stereocenters. The predicted octanol–water partition coefficient (Wildman–Crippen LogP) is 6.13. The van der Waals surface area contributed by atoms with Crippen LogP contribution in [0.15, 0.2) is 66.7 Å². The SMILES string of the molecule is CC(C)(C)C(=O)CN1C(=O)C(NC(=O)Nc2cccc3ccccc23)CN(C2CCCCC2)c2ccccc21. The lowest BCUT2D eigenvalue weighted by Crippen LogP contribution is -2.55. The van der Waals surface area contributed by atoms with Crippen LogP contribution in [-0.4, -0.2) is 42.9 Å². The van der Waals surface area contributed by atoms with Crippen LogP contribution in [0.1, 0.15) is 52.9 Å². The molecule has 0 spiro atoms. The second-order valence-corrected chi connectivity index (χ2v) is 11.7. The Kier molecular flexibility index (Phi) is 7.60. The van der Waals surface area contributed by atoms with Crippen LogP contribution >= 0.6 is 0 Å². The van der Waals surface area contributed by atoms with Crippen LogP contribution in [-0.2, 0) is 9.59 Å². The van der Waals surface area contributed by atoms with Crippen molar-refractivity contribution in [2.24, 2.45) is 5.41 Å². The van der Waals surface area contributed by atoms with Crippen molar-refractivity contribution in [2.75, 3.05) is 28.2 Å². The number of carbonyl (C=O) groups is 3. The van der Waals surface area contributed by atoms with Crippen LogP contribution in [0.3, 0.4) is 0 Å². The van der Waals surface area contributed by atoms with E-state index in [4.69, 9.17) is 0 Å². The first-order chi connectivity index (χ1) is 18.7. The first kappa shape index (κ1) is 26.7. The third-order valence-electron chi connectivity index (χ3n) is 7.92. The lowest BCUT2D eigenvalue weighted by molar-refractivity contribution is -0.127. The van der Waals surface area contributed by atoms with Crippen molar-refractivity contribution in [2.45, 2.75) is 65.0 Å². The van der Waals surface area contributed by atoms with Gasteiger partial charge in [0.1, 0.15) is 6.04 Å². The first-order valence-electron chi connectivity index (χ1n) is 14.0. The summed E-state index contributed by atoms with van der Waals surface area (Å²) < 4.78 is 0. The Morgan fingerprint density at radius 1 is 0.872 bits per heavy atom. The maximum Gasteiger partial charge on any atom is 0.319 e.